The topological polar surface area (TPSA) is 138 Å². The number of sulfonamides is 1. The van der Waals surface area contributed by atoms with Crippen LogP contribution < -0.4 is 4.72 Å². The molecule has 0 unspecified atom stereocenters. The summed E-state index contributed by atoms with van der Waals surface area (Å²) in [6.07, 6.45) is 0.656. The SMILES string of the molecule is COC(=O)CC[C@@H](NS(=O)(=O)c1cnc(C)[nH]1)C(=O)O. The van der Waals surface area contributed by atoms with Crippen LogP contribution >= 0.6 is 0 Å². The molecule has 0 aliphatic heterocycles. The summed E-state index contributed by atoms with van der Waals surface area (Å²) >= 11 is 0. The molecule has 1 aromatic heterocycles. The highest BCUT2D eigenvalue weighted by Crippen LogP contribution is 2.08. The van der Waals surface area contributed by atoms with Gasteiger partial charge in [-0.2, -0.15) is 4.72 Å². The number of hydrogen-bond donors (Lipinski definition) is 3. The molecular weight excluding hydrogens is 290 g/mol. The number of nitrogens with zero attached hydrogens (tertiary/aromatic N) is 1. The molecule has 112 valence electrons. The number of rotatable bonds is 7. The van der Waals surface area contributed by atoms with Crippen LogP contribution in [0.5, 0.6) is 0 Å². The van der Waals surface area contributed by atoms with Crippen LogP contribution in [0.1, 0.15) is 18.7 Å². The number of ether oxygens (including phenoxy) is 1. The molecule has 0 amide bonds. The van der Waals surface area contributed by atoms with E-state index >= 15 is 0 Å². The average Bonchev–Trinajstić information content (AvgIpc) is 2.81. The van der Waals surface area contributed by atoms with E-state index in [2.05, 4.69) is 14.7 Å². The first-order chi connectivity index (χ1) is 9.26. The van der Waals surface area contributed by atoms with Crippen molar-refractivity contribution in [3.05, 3.63) is 12.0 Å². The van der Waals surface area contributed by atoms with E-state index in [4.69, 9.17) is 5.11 Å². The third-order valence-corrected chi connectivity index (χ3v) is 3.81. The Morgan fingerprint density at radius 3 is 2.65 bits per heavy atom. The van der Waals surface area contributed by atoms with Crippen LogP contribution in [0.15, 0.2) is 11.2 Å². The molecule has 10 heteroatoms. The van der Waals surface area contributed by atoms with Gasteiger partial charge < -0.3 is 14.8 Å². The molecule has 0 saturated heterocycles. The maximum atomic E-state index is 11.9. The van der Waals surface area contributed by atoms with Crippen LogP contribution in [0.25, 0.3) is 0 Å². The van der Waals surface area contributed by atoms with Crippen LogP contribution in [0.4, 0.5) is 0 Å². The Labute approximate surface area is 115 Å². The maximum Gasteiger partial charge on any atom is 0.321 e. The third-order valence-electron chi connectivity index (χ3n) is 2.43. The van der Waals surface area contributed by atoms with Gasteiger partial charge in [-0.25, -0.2) is 13.4 Å². The number of esters is 1. The van der Waals surface area contributed by atoms with Crippen LogP contribution in [0.2, 0.25) is 0 Å². The molecule has 3 N–H and O–H groups in total. The number of aromatic nitrogens is 2. The van der Waals surface area contributed by atoms with Crippen molar-refractivity contribution < 1.29 is 27.9 Å². The molecule has 1 heterocycles. The molecule has 0 fully saturated rings. The number of H-pyrrole nitrogens is 1. The average molecular weight is 305 g/mol. The highest BCUT2D eigenvalue weighted by atomic mass is 32.2. The van der Waals surface area contributed by atoms with E-state index in [1.54, 1.807) is 6.92 Å². The van der Waals surface area contributed by atoms with Gasteiger partial charge in [0.25, 0.3) is 10.0 Å². The van der Waals surface area contributed by atoms with Gasteiger partial charge in [0.05, 0.1) is 13.3 Å². The van der Waals surface area contributed by atoms with E-state index in [-0.39, 0.29) is 17.9 Å². The highest BCUT2D eigenvalue weighted by Gasteiger charge is 2.27. The van der Waals surface area contributed by atoms with E-state index in [1.165, 1.54) is 0 Å². The second-order valence-electron chi connectivity index (χ2n) is 3.96. The van der Waals surface area contributed by atoms with Crippen LogP contribution in [0.3, 0.4) is 0 Å². The lowest BCUT2D eigenvalue weighted by Gasteiger charge is -2.13. The monoisotopic (exact) mass is 305 g/mol. The number of methoxy groups -OCH3 is 1. The summed E-state index contributed by atoms with van der Waals surface area (Å²) in [5, 5.41) is 8.73. The molecule has 0 spiro atoms. The summed E-state index contributed by atoms with van der Waals surface area (Å²) in [4.78, 5) is 28.2. The summed E-state index contributed by atoms with van der Waals surface area (Å²) < 4.78 is 30.2. The molecule has 0 aromatic carbocycles. The molecular formula is C10H15N3O6S. The van der Waals surface area contributed by atoms with Crippen LogP contribution in [-0.4, -0.2) is 48.6 Å². The number of aromatic amines is 1. The van der Waals surface area contributed by atoms with Crippen LogP contribution in [-0.2, 0) is 24.3 Å². The van der Waals surface area contributed by atoms with Crippen molar-refractivity contribution >= 4 is 22.0 Å². The summed E-state index contributed by atoms with van der Waals surface area (Å²) in [5.41, 5.74) is 0. The van der Waals surface area contributed by atoms with Gasteiger partial charge >= 0.3 is 11.9 Å². The van der Waals surface area contributed by atoms with Gasteiger partial charge in [0, 0.05) is 6.42 Å². The van der Waals surface area contributed by atoms with Crippen molar-refractivity contribution in [2.75, 3.05) is 7.11 Å². The molecule has 1 atom stereocenters. The fourth-order valence-electron chi connectivity index (χ4n) is 1.38. The van der Waals surface area contributed by atoms with Crippen molar-refractivity contribution in [3.63, 3.8) is 0 Å². The molecule has 0 aliphatic carbocycles. The summed E-state index contributed by atoms with van der Waals surface area (Å²) in [5.74, 6) is -1.62. The number of carboxylic acids is 1. The molecule has 0 saturated carbocycles. The van der Waals surface area contributed by atoms with Gasteiger partial charge in [-0.15, -0.1) is 0 Å². The van der Waals surface area contributed by atoms with Crippen molar-refractivity contribution in [2.45, 2.75) is 30.8 Å². The lowest BCUT2D eigenvalue weighted by atomic mass is 10.2. The fourth-order valence-corrected chi connectivity index (χ4v) is 2.58. The quantitative estimate of drug-likeness (QED) is 0.572. The lowest BCUT2D eigenvalue weighted by Crippen LogP contribution is -2.41. The zero-order valence-electron chi connectivity index (χ0n) is 10.9. The number of carbonyl (C=O) groups excluding carboxylic acids is 1. The Hall–Kier alpha value is -1.94. The third kappa shape index (κ3) is 4.31. The lowest BCUT2D eigenvalue weighted by molar-refractivity contribution is -0.142. The van der Waals surface area contributed by atoms with Gasteiger partial charge in [-0.3, -0.25) is 9.59 Å². The minimum atomic E-state index is -4.04. The van der Waals surface area contributed by atoms with Gasteiger partial charge in [0.1, 0.15) is 11.9 Å². The first-order valence-electron chi connectivity index (χ1n) is 5.60. The zero-order chi connectivity index (χ0) is 15.3. The van der Waals surface area contributed by atoms with Crippen molar-refractivity contribution in [3.8, 4) is 0 Å². The molecule has 1 aromatic rings. The van der Waals surface area contributed by atoms with E-state index < -0.39 is 28.0 Å². The van der Waals surface area contributed by atoms with Gasteiger partial charge in [0.2, 0.25) is 0 Å². The number of hydrogen-bond acceptors (Lipinski definition) is 6. The first kappa shape index (κ1) is 16.1. The maximum absolute atomic E-state index is 11.9. The normalized spacial score (nSPS) is 12.9. The van der Waals surface area contributed by atoms with Gasteiger partial charge in [-0.05, 0) is 13.3 Å². The molecule has 0 radical (unpaired) electrons. The van der Waals surface area contributed by atoms with Crippen molar-refractivity contribution in [2.24, 2.45) is 0 Å². The highest BCUT2D eigenvalue weighted by molar-refractivity contribution is 7.89. The van der Waals surface area contributed by atoms with E-state index in [0.29, 0.717) is 5.82 Å². The van der Waals surface area contributed by atoms with Gasteiger partial charge in [-0.1, -0.05) is 0 Å². The largest absolute Gasteiger partial charge is 0.480 e. The summed E-state index contributed by atoms with van der Waals surface area (Å²) in [7, 11) is -2.88. The number of carbonyl (C=O) groups is 2. The number of aliphatic carboxylic acids is 1. The number of nitrogens with one attached hydrogen (secondary N) is 2. The van der Waals surface area contributed by atoms with E-state index in [1.807, 2.05) is 4.72 Å². The Morgan fingerprint density at radius 1 is 1.55 bits per heavy atom. The minimum absolute atomic E-state index is 0.210. The Balaban J connectivity index is 2.80. The fraction of sp³-hybridized carbons (Fsp3) is 0.500. The smallest absolute Gasteiger partial charge is 0.321 e. The van der Waals surface area contributed by atoms with Gasteiger partial charge in [0.15, 0.2) is 5.03 Å². The molecule has 20 heavy (non-hydrogen) atoms. The Morgan fingerprint density at radius 2 is 2.20 bits per heavy atom. The second-order valence-corrected chi connectivity index (χ2v) is 5.64. The standard InChI is InChI=1S/C10H15N3O6S/c1-6-11-5-8(12-6)20(17,18)13-7(10(15)16)3-4-9(14)19-2/h5,7,13H,3-4H2,1-2H3,(H,11,12)(H,15,16)/t7-/m1/s1. The summed E-state index contributed by atoms with van der Waals surface area (Å²) in [6, 6.07) is -1.43. The van der Waals surface area contributed by atoms with E-state index in [0.717, 1.165) is 13.3 Å². The first-order valence-corrected chi connectivity index (χ1v) is 7.08. The second kappa shape index (κ2) is 6.48. The predicted octanol–water partition coefficient (Wildman–Crippen LogP) is -0.597. The molecule has 0 aliphatic rings. The minimum Gasteiger partial charge on any atom is -0.480 e. The van der Waals surface area contributed by atoms with Crippen LogP contribution in [0, 0.1) is 6.92 Å². The Bertz CT molecular complexity index is 594. The van der Waals surface area contributed by atoms with Crippen molar-refractivity contribution in [1.29, 1.82) is 0 Å². The zero-order valence-corrected chi connectivity index (χ0v) is 11.7. The van der Waals surface area contributed by atoms with E-state index in [9.17, 15) is 18.0 Å². The molecule has 9 nitrogen and oxygen atoms in total. The number of carboxylic acid groups (broad SMARTS) is 1. The molecule has 0 bridgehead atoms. The summed E-state index contributed by atoms with van der Waals surface area (Å²) in [6.45, 7) is 1.56. The Kier molecular flexibility index (Phi) is 5.22. The van der Waals surface area contributed by atoms with Crippen molar-refractivity contribution in [1.82, 2.24) is 14.7 Å². The number of imidazole rings is 1. The number of aryl methyl sites for hydroxylation is 1. The molecule has 1 rings (SSSR count). The predicted molar refractivity (Wildman–Crippen MR) is 66.3 cm³/mol.